The maximum absolute atomic E-state index is 11.8. The van der Waals surface area contributed by atoms with E-state index in [-0.39, 0.29) is 11.3 Å². The molecule has 1 unspecified atom stereocenters. The fourth-order valence-electron chi connectivity index (χ4n) is 2.46. The number of hydrogen-bond acceptors (Lipinski definition) is 3. The van der Waals surface area contributed by atoms with Gasteiger partial charge in [0.25, 0.3) is 0 Å². The standard InChI is InChI=1S/C14H14ClN3O/c1-8-5-9(2)16-14-11(8)3-4-12(17-14)18-7-10(15)6-13(18)19/h3-5,10H,6-7H2,1-2H3. The molecule has 2 aromatic heterocycles. The zero-order valence-corrected chi connectivity index (χ0v) is 11.6. The Hall–Kier alpha value is -1.68. The van der Waals surface area contributed by atoms with E-state index in [0.29, 0.717) is 24.4 Å². The van der Waals surface area contributed by atoms with Crippen LogP contribution in [0.25, 0.3) is 11.0 Å². The van der Waals surface area contributed by atoms with E-state index in [9.17, 15) is 4.79 Å². The topological polar surface area (TPSA) is 46.1 Å². The fraction of sp³-hybridized carbons (Fsp3) is 0.357. The van der Waals surface area contributed by atoms with Gasteiger partial charge in [-0.2, -0.15) is 0 Å². The van der Waals surface area contributed by atoms with Gasteiger partial charge >= 0.3 is 0 Å². The Morgan fingerprint density at radius 3 is 2.79 bits per heavy atom. The number of aromatic nitrogens is 2. The fourth-order valence-corrected chi connectivity index (χ4v) is 2.73. The molecule has 1 aliphatic heterocycles. The van der Waals surface area contributed by atoms with Gasteiger partial charge in [0, 0.05) is 24.0 Å². The first-order valence-corrected chi connectivity index (χ1v) is 6.67. The SMILES string of the molecule is Cc1cc(C)c2ccc(N3CC(Cl)CC3=O)nc2n1. The van der Waals surface area contributed by atoms with E-state index in [1.807, 2.05) is 32.0 Å². The monoisotopic (exact) mass is 275 g/mol. The molecule has 98 valence electrons. The van der Waals surface area contributed by atoms with Gasteiger partial charge in [0.2, 0.25) is 5.91 Å². The van der Waals surface area contributed by atoms with Crippen LogP contribution in [0.4, 0.5) is 5.82 Å². The number of amides is 1. The summed E-state index contributed by atoms with van der Waals surface area (Å²) in [6.45, 7) is 4.49. The minimum absolute atomic E-state index is 0.0243. The smallest absolute Gasteiger partial charge is 0.229 e. The summed E-state index contributed by atoms with van der Waals surface area (Å²) in [5.74, 6) is 0.661. The van der Waals surface area contributed by atoms with Crippen molar-refractivity contribution >= 4 is 34.4 Å². The molecule has 5 heteroatoms. The molecule has 0 aliphatic carbocycles. The van der Waals surface area contributed by atoms with Crippen LogP contribution in [0.15, 0.2) is 18.2 Å². The van der Waals surface area contributed by atoms with Crippen molar-refractivity contribution in [1.29, 1.82) is 0 Å². The van der Waals surface area contributed by atoms with Crippen molar-refractivity contribution in [2.75, 3.05) is 11.4 Å². The summed E-state index contributed by atoms with van der Waals surface area (Å²) >= 11 is 6.01. The highest BCUT2D eigenvalue weighted by Gasteiger charge is 2.30. The number of hydrogen-bond donors (Lipinski definition) is 0. The molecule has 0 aromatic carbocycles. The van der Waals surface area contributed by atoms with Crippen LogP contribution in [0.1, 0.15) is 17.7 Å². The molecule has 1 saturated heterocycles. The van der Waals surface area contributed by atoms with E-state index < -0.39 is 0 Å². The second-order valence-electron chi connectivity index (χ2n) is 4.93. The van der Waals surface area contributed by atoms with Crippen LogP contribution >= 0.6 is 11.6 Å². The number of carbonyl (C=O) groups excluding carboxylic acids is 1. The quantitative estimate of drug-likeness (QED) is 0.752. The van der Waals surface area contributed by atoms with Crippen LogP contribution in [0, 0.1) is 13.8 Å². The molecule has 3 heterocycles. The average Bonchev–Trinajstić information content (AvgIpc) is 2.67. The van der Waals surface area contributed by atoms with Crippen molar-refractivity contribution in [1.82, 2.24) is 9.97 Å². The lowest BCUT2D eigenvalue weighted by atomic mass is 10.1. The Balaban J connectivity index is 2.09. The van der Waals surface area contributed by atoms with Crippen molar-refractivity contribution in [2.24, 2.45) is 0 Å². The molecule has 3 rings (SSSR count). The average molecular weight is 276 g/mol. The number of alkyl halides is 1. The highest BCUT2D eigenvalue weighted by atomic mass is 35.5. The molecule has 0 N–H and O–H groups in total. The minimum atomic E-state index is -0.128. The molecule has 19 heavy (non-hydrogen) atoms. The van der Waals surface area contributed by atoms with Gasteiger partial charge in [-0.3, -0.25) is 9.69 Å². The van der Waals surface area contributed by atoms with E-state index in [4.69, 9.17) is 11.6 Å². The van der Waals surface area contributed by atoms with Gasteiger partial charge in [0.15, 0.2) is 5.65 Å². The molecule has 0 spiro atoms. The molecule has 1 atom stereocenters. The summed E-state index contributed by atoms with van der Waals surface area (Å²) in [5.41, 5.74) is 2.75. The molecule has 1 amide bonds. The van der Waals surface area contributed by atoms with Crippen molar-refractivity contribution in [2.45, 2.75) is 25.6 Å². The lowest BCUT2D eigenvalue weighted by molar-refractivity contribution is -0.117. The van der Waals surface area contributed by atoms with Crippen molar-refractivity contribution in [3.8, 4) is 0 Å². The van der Waals surface area contributed by atoms with Gasteiger partial charge in [-0.25, -0.2) is 9.97 Å². The maximum atomic E-state index is 11.8. The lowest BCUT2D eigenvalue weighted by Gasteiger charge is -2.15. The van der Waals surface area contributed by atoms with Gasteiger partial charge in [0.1, 0.15) is 5.82 Å². The second kappa shape index (κ2) is 4.46. The summed E-state index contributed by atoms with van der Waals surface area (Å²) in [7, 11) is 0. The third kappa shape index (κ3) is 2.16. The Morgan fingerprint density at radius 2 is 2.11 bits per heavy atom. The summed E-state index contributed by atoms with van der Waals surface area (Å²) in [6, 6.07) is 5.85. The predicted molar refractivity (Wildman–Crippen MR) is 75.6 cm³/mol. The maximum Gasteiger partial charge on any atom is 0.229 e. The van der Waals surface area contributed by atoms with Gasteiger partial charge in [-0.05, 0) is 37.6 Å². The molecule has 1 fully saturated rings. The molecule has 0 saturated carbocycles. The van der Waals surface area contributed by atoms with E-state index in [0.717, 1.165) is 16.6 Å². The van der Waals surface area contributed by atoms with Crippen LogP contribution < -0.4 is 4.90 Å². The van der Waals surface area contributed by atoms with E-state index in [2.05, 4.69) is 9.97 Å². The third-order valence-corrected chi connectivity index (χ3v) is 3.64. The summed E-state index contributed by atoms with van der Waals surface area (Å²) in [5, 5.41) is 0.889. The minimum Gasteiger partial charge on any atom is -0.295 e. The van der Waals surface area contributed by atoms with Gasteiger partial charge in [-0.15, -0.1) is 11.6 Å². The van der Waals surface area contributed by atoms with Crippen molar-refractivity contribution in [3.63, 3.8) is 0 Å². The van der Waals surface area contributed by atoms with E-state index in [1.165, 1.54) is 0 Å². The van der Waals surface area contributed by atoms with Crippen LogP contribution in [0.3, 0.4) is 0 Å². The van der Waals surface area contributed by atoms with Gasteiger partial charge in [0.05, 0.1) is 5.38 Å². The number of aryl methyl sites for hydroxylation is 2. The highest BCUT2D eigenvalue weighted by Crippen LogP contribution is 2.25. The largest absolute Gasteiger partial charge is 0.295 e. The summed E-state index contributed by atoms with van der Waals surface area (Å²) in [6.07, 6.45) is 0.377. The van der Waals surface area contributed by atoms with Crippen molar-refractivity contribution < 1.29 is 4.79 Å². The Morgan fingerprint density at radius 1 is 1.32 bits per heavy atom. The number of fused-ring (bicyclic) bond motifs is 1. The van der Waals surface area contributed by atoms with E-state index >= 15 is 0 Å². The number of carbonyl (C=O) groups is 1. The molecule has 4 nitrogen and oxygen atoms in total. The number of pyridine rings is 2. The molecule has 2 aromatic rings. The molecular weight excluding hydrogens is 262 g/mol. The van der Waals surface area contributed by atoms with Crippen molar-refractivity contribution in [3.05, 3.63) is 29.5 Å². The summed E-state index contributed by atoms with van der Waals surface area (Å²) < 4.78 is 0. The normalized spacial score (nSPS) is 19.4. The van der Waals surface area contributed by atoms with Gasteiger partial charge in [-0.1, -0.05) is 0 Å². The first-order valence-electron chi connectivity index (χ1n) is 6.24. The predicted octanol–water partition coefficient (Wildman–Crippen LogP) is 2.59. The molecule has 0 bridgehead atoms. The lowest BCUT2D eigenvalue weighted by Crippen LogP contribution is -2.25. The Labute approximate surface area is 116 Å². The van der Waals surface area contributed by atoms with Crippen LogP contribution in [0.5, 0.6) is 0 Å². The molecule has 1 aliphatic rings. The van der Waals surface area contributed by atoms with Gasteiger partial charge < -0.3 is 0 Å². The van der Waals surface area contributed by atoms with Crippen LogP contribution in [-0.2, 0) is 4.79 Å². The number of anilines is 1. The first kappa shape index (κ1) is 12.4. The van der Waals surface area contributed by atoms with Crippen LogP contribution in [0.2, 0.25) is 0 Å². The zero-order chi connectivity index (χ0) is 13.6. The number of rotatable bonds is 1. The Bertz CT molecular complexity index is 671. The van der Waals surface area contributed by atoms with E-state index in [1.54, 1.807) is 4.90 Å². The van der Waals surface area contributed by atoms with Crippen LogP contribution in [-0.4, -0.2) is 27.8 Å². The Kier molecular flexibility index (Phi) is 2.90. The second-order valence-corrected chi connectivity index (χ2v) is 5.54. The highest BCUT2D eigenvalue weighted by molar-refractivity contribution is 6.24. The first-order chi connectivity index (χ1) is 9.04. The number of nitrogens with zero attached hydrogens (tertiary/aromatic N) is 3. The third-order valence-electron chi connectivity index (χ3n) is 3.35. The molecular formula is C14H14ClN3O. The number of halogens is 1. The summed E-state index contributed by atoms with van der Waals surface area (Å²) in [4.78, 5) is 22.4. The molecule has 0 radical (unpaired) electrons. The zero-order valence-electron chi connectivity index (χ0n) is 10.9.